The van der Waals surface area contributed by atoms with Crippen molar-refractivity contribution in [2.24, 2.45) is 17.2 Å². The maximum Gasteiger partial charge on any atom is 0.326 e. The number of carboxylic acid groups (broad SMARTS) is 2. The van der Waals surface area contributed by atoms with E-state index < -0.39 is 60.2 Å². The number of rotatable bonds is 19. The van der Waals surface area contributed by atoms with Crippen LogP contribution in [0.4, 0.5) is 0 Å². The summed E-state index contributed by atoms with van der Waals surface area (Å²) in [4.78, 5) is 68.2. The number of carbonyl (C=O) groups is 5. The number of H-pyrrole nitrogens is 1. The van der Waals surface area contributed by atoms with Crippen molar-refractivity contribution in [3.63, 3.8) is 0 Å². The van der Waals surface area contributed by atoms with Gasteiger partial charge >= 0.3 is 11.9 Å². The number of nitrogens with one attached hydrogen (secondary N) is 8. The van der Waals surface area contributed by atoms with Crippen LogP contribution in [0, 0.1) is 10.8 Å². The second kappa shape index (κ2) is 17.6. The molecule has 0 aliphatic heterocycles. The highest BCUT2D eigenvalue weighted by molar-refractivity contribution is 5.94. The van der Waals surface area contributed by atoms with Gasteiger partial charge in [-0.05, 0) is 25.7 Å². The van der Waals surface area contributed by atoms with Gasteiger partial charge in [0.25, 0.3) is 0 Å². The Kier molecular flexibility index (Phi) is 14.6. The summed E-state index contributed by atoms with van der Waals surface area (Å²) >= 11 is 0. The molecule has 19 heteroatoms. The molecule has 0 unspecified atom stereocenters. The fourth-order valence-corrected chi connectivity index (χ4v) is 3.51. The fraction of sp³-hybridized carbons (Fsp3) is 0.545. The van der Waals surface area contributed by atoms with Crippen molar-refractivity contribution < 1.29 is 34.2 Å². The van der Waals surface area contributed by atoms with Crippen LogP contribution in [0.3, 0.4) is 0 Å². The van der Waals surface area contributed by atoms with Crippen LogP contribution in [0.5, 0.6) is 0 Å². The van der Waals surface area contributed by atoms with Gasteiger partial charge in [0.1, 0.15) is 18.1 Å². The van der Waals surface area contributed by atoms with Crippen LogP contribution in [0.25, 0.3) is 0 Å². The minimum absolute atomic E-state index is 0.0456. The van der Waals surface area contributed by atoms with Crippen LogP contribution in [0.1, 0.15) is 37.8 Å². The first-order valence-electron chi connectivity index (χ1n) is 12.5. The van der Waals surface area contributed by atoms with Gasteiger partial charge in [-0.2, -0.15) is 0 Å². The van der Waals surface area contributed by atoms with Gasteiger partial charge in [-0.1, -0.05) is 0 Å². The standard InChI is InChI=1S/C22H38N12O7/c23-12(7-11-9-28-10-31-11)17(37)32-13(3-1-5-29-21(24)25)18(38)33-14(4-2-6-30-22(26)27)19(39)34-15(20(40)41)8-16(35)36/h9-10,12-15H,1-8,23H2,(H,28,31)(H,32,37)(H,33,38)(H,34,39)(H,35,36)(H,40,41)(H4,24,25,29)(H4,26,27,30)/t12-,13-,14-,15-/m0/s1. The second-order valence-corrected chi connectivity index (χ2v) is 8.96. The molecule has 0 aliphatic carbocycles. The molecule has 228 valence electrons. The molecule has 0 fully saturated rings. The molecule has 0 bridgehead atoms. The number of aromatic nitrogens is 2. The van der Waals surface area contributed by atoms with Crippen molar-refractivity contribution in [2.45, 2.75) is 62.7 Å². The largest absolute Gasteiger partial charge is 0.481 e. The average Bonchev–Trinajstić information content (AvgIpc) is 3.39. The van der Waals surface area contributed by atoms with E-state index >= 15 is 0 Å². The van der Waals surface area contributed by atoms with Crippen LogP contribution in [-0.2, 0) is 30.4 Å². The first-order valence-corrected chi connectivity index (χ1v) is 12.5. The molecular formula is C22H38N12O7. The highest BCUT2D eigenvalue weighted by Gasteiger charge is 2.31. The number of nitrogens with two attached hydrogens (primary N) is 3. The molecule has 16 N–H and O–H groups in total. The minimum atomic E-state index is -1.76. The smallest absolute Gasteiger partial charge is 0.326 e. The number of guanidine groups is 2. The Morgan fingerprint density at radius 3 is 1.76 bits per heavy atom. The van der Waals surface area contributed by atoms with E-state index in [4.69, 9.17) is 33.1 Å². The molecule has 1 aromatic heterocycles. The predicted molar refractivity (Wildman–Crippen MR) is 144 cm³/mol. The van der Waals surface area contributed by atoms with Crippen molar-refractivity contribution in [2.75, 3.05) is 13.1 Å². The predicted octanol–water partition coefficient (Wildman–Crippen LogP) is -4.18. The van der Waals surface area contributed by atoms with Gasteiger partial charge in [0.15, 0.2) is 11.9 Å². The lowest BCUT2D eigenvalue weighted by Crippen LogP contribution is -2.57. The molecular weight excluding hydrogens is 544 g/mol. The highest BCUT2D eigenvalue weighted by Crippen LogP contribution is 2.05. The maximum atomic E-state index is 13.3. The number of carboxylic acids is 2. The molecule has 41 heavy (non-hydrogen) atoms. The summed E-state index contributed by atoms with van der Waals surface area (Å²) in [5, 5.41) is 45.0. The van der Waals surface area contributed by atoms with Gasteiger partial charge < -0.3 is 59.0 Å². The Hall–Kier alpha value is -4.94. The summed E-state index contributed by atoms with van der Waals surface area (Å²) in [5.41, 5.74) is 17.0. The number of aromatic amines is 1. The first-order chi connectivity index (χ1) is 19.3. The lowest BCUT2D eigenvalue weighted by atomic mass is 10.1. The lowest BCUT2D eigenvalue weighted by Gasteiger charge is -2.25. The summed E-state index contributed by atoms with van der Waals surface area (Å²) in [6.07, 6.45) is 2.61. The Balaban J connectivity index is 3.05. The van der Waals surface area contributed by atoms with Crippen LogP contribution in [0.2, 0.25) is 0 Å². The summed E-state index contributed by atoms with van der Waals surface area (Å²) < 4.78 is 0. The van der Waals surface area contributed by atoms with Crippen LogP contribution < -0.4 is 43.8 Å². The van der Waals surface area contributed by atoms with E-state index in [1.54, 1.807) is 6.20 Å². The first kappa shape index (κ1) is 34.1. The van der Waals surface area contributed by atoms with E-state index in [0.717, 1.165) is 0 Å². The minimum Gasteiger partial charge on any atom is -0.481 e. The molecule has 0 aromatic carbocycles. The third kappa shape index (κ3) is 14.1. The number of carbonyl (C=O) groups excluding carboxylic acids is 3. The lowest BCUT2D eigenvalue weighted by molar-refractivity contribution is -0.147. The van der Waals surface area contributed by atoms with Crippen molar-refractivity contribution in [1.29, 1.82) is 10.8 Å². The Morgan fingerprint density at radius 1 is 0.854 bits per heavy atom. The van der Waals surface area contributed by atoms with E-state index in [0.29, 0.717) is 5.69 Å². The number of imidazole rings is 1. The quantitative estimate of drug-likeness (QED) is 0.0418. The monoisotopic (exact) mass is 582 g/mol. The fourth-order valence-electron chi connectivity index (χ4n) is 3.51. The van der Waals surface area contributed by atoms with Crippen molar-refractivity contribution in [3.8, 4) is 0 Å². The van der Waals surface area contributed by atoms with E-state index in [1.807, 2.05) is 0 Å². The number of hydrogen-bond acceptors (Lipinski definition) is 9. The van der Waals surface area contributed by atoms with E-state index in [2.05, 4.69) is 36.6 Å². The average molecular weight is 583 g/mol. The Morgan fingerprint density at radius 2 is 1.34 bits per heavy atom. The zero-order chi connectivity index (χ0) is 30.9. The molecule has 0 saturated heterocycles. The summed E-state index contributed by atoms with van der Waals surface area (Å²) in [6.45, 7) is 0.343. The third-order valence-corrected chi connectivity index (χ3v) is 5.55. The van der Waals surface area contributed by atoms with E-state index in [-0.39, 0.29) is 57.1 Å². The van der Waals surface area contributed by atoms with Crippen LogP contribution in [-0.4, -0.2) is 99.0 Å². The van der Waals surface area contributed by atoms with E-state index in [1.165, 1.54) is 6.33 Å². The topological polar surface area (TPSA) is 340 Å². The van der Waals surface area contributed by atoms with Gasteiger partial charge in [-0.3, -0.25) is 30.0 Å². The molecule has 1 heterocycles. The number of nitrogens with zero attached hydrogens (tertiary/aromatic N) is 1. The molecule has 3 amide bonds. The van der Waals surface area contributed by atoms with Crippen LogP contribution in [0.15, 0.2) is 12.5 Å². The maximum absolute atomic E-state index is 13.3. The number of hydrogen-bond donors (Lipinski definition) is 13. The summed E-state index contributed by atoms with van der Waals surface area (Å²) in [5.74, 6) is -6.09. The van der Waals surface area contributed by atoms with Gasteiger partial charge in [0.05, 0.1) is 24.5 Å². The van der Waals surface area contributed by atoms with Crippen molar-refractivity contribution in [1.82, 2.24) is 36.6 Å². The molecule has 1 aromatic rings. The zero-order valence-electron chi connectivity index (χ0n) is 22.2. The van der Waals surface area contributed by atoms with Gasteiger partial charge in [0.2, 0.25) is 17.7 Å². The Labute approximate surface area is 234 Å². The molecule has 0 aliphatic rings. The van der Waals surface area contributed by atoms with E-state index in [9.17, 15) is 29.1 Å². The van der Waals surface area contributed by atoms with Crippen molar-refractivity contribution >= 4 is 41.6 Å². The molecule has 0 radical (unpaired) electrons. The molecule has 19 nitrogen and oxygen atoms in total. The normalized spacial score (nSPS) is 13.5. The SMILES string of the molecule is N=C(N)NCCC[C@H](NC(=O)[C@H](CCCNC(=N)N)NC(=O)[C@@H](N)Cc1c[nH]cn1)C(=O)N[C@@H](CC(=O)O)C(=O)O. The summed E-state index contributed by atoms with van der Waals surface area (Å²) in [6, 6.07) is -5.35. The van der Waals surface area contributed by atoms with Gasteiger partial charge in [-0.15, -0.1) is 0 Å². The number of amides is 3. The second-order valence-electron chi connectivity index (χ2n) is 8.96. The van der Waals surface area contributed by atoms with Gasteiger partial charge in [0, 0.05) is 25.7 Å². The van der Waals surface area contributed by atoms with Gasteiger partial charge in [-0.25, -0.2) is 9.78 Å². The molecule has 0 spiro atoms. The summed E-state index contributed by atoms with van der Waals surface area (Å²) in [7, 11) is 0. The molecule has 4 atom stereocenters. The third-order valence-electron chi connectivity index (χ3n) is 5.55. The number of aliphatic carboxylic acids is 2. The van der Waals surface area contributed by atoms with Crippen molar-refractivity contribution in [3.05, 3.63) is 18.2 Å². The molecule has 0 saturated carbocycles. The zero-order valence-corrected chi connectivity index (χ0v) is 22.2. The van der Waals surface area contributed by atoms with Crippen LogP contribution >= 0.6 is 0 Å². The highest BCUT2D eigenvalue weighted by atomic mass is 16.4. The molecule has 1 rings (SSSR count). The Bertz CT molecular complexity index is 1070.